The highest BCUT2D eigenvalue weighted by atomic mass is 35.6. The number of alkyl halides is 3. The Morgan fingerprint density at radius 1 is 1.20 bits per heavy atom. The zero-order valence-electron chi connectivity index (χ0n) is 12.2. The summed E-state index contributed by atoms with van der Waals surface area (Å²) >= 11 is 17.6. The monoisotopic (exact) mass is 399 g/mol. The highest BCUT2D eigenvalue weighted by Crippen LogP contribution is 2.37. The summed E-state index contributed by atoms with van der Waals surface area (Å²) in [5.74, 6) is 0.110. The van der Waals surface area contributed by atoms with Gasteiger partial charge in [0.05, 0.1) is 17.8 Å². The number of benzene rings is 1. The number of halogens is 3. The Morgan fingerprint density at radius 2 is 1.96 bits per heavy atom. The van der Waals surface area contributed by atoms with Crippen LogP contribution in [0.3, 0.4) is 0 Å². The van der Waals surface area contributed by atoms with Crippen molar-refractivity contribution in [1.29, 1.82) is 0 Å². The van der Waals surface area contributed by atoms with Crippen molar-refractivity contribution >= 4 is 63.6 Å². The molecule has 2 aromatic heterocycles. The first-order chi connectivity index (χ1) is 11.8. The van der Waals surface area contributed by atoms with Crippen molar-refractivity contribution in [1.82, 2.24) is 9.97 Å². The van der Waals surface area contributed by atoms with E-state index in [1.165, 1.54) is 18.3 Å². The van der Waals surface area contributed by atoms with E-state index >= 15 is 0 Å². The van der Waals surface area contributed by atoms with Crippen molar-refractivity contribution in [2.75, 3.05) is 5.43 Å². The van der Waals surface area contributed by atoms with Gasteiger partial charge in [0.1, 0.15) is 4.92 Å². The molecule has 0 aliphatic rings. The Bertz CT molecular complexity index is 968. The van der Waals surface area contributed by atoms with Gasteiger partial charge in [-0.2, -0.15) is 5.10 Å². The van der Waals surface area contributed by atoms with Crippen molar-refractivity contribution in [3.05, 3.63) is 58.1 Å². The molecule has 25 heavy (non-hydrogen) atoms. The highest BCUT2D eigenvalue weighted by molar-refractivity contribution is 6.66. The van der Waals surface area contributed by atoms with Gasteiger partial charge in [-0.15, -0.1) is 0 Å². The molecule has 0 bridgehead atoms. The number of fused-ring (bicyclic) bond motifs is 1. The fraction of sp³-hybridized carbons (Fsp3) is 0.0714. The molecule has 0 spiro atoms. The van der Waals surface area contributed by atoms with Crippen LogP contribution in [0.25, 0.3) is 10.9 Å². The number of furan rings is 1. The van der Waals surface area contributed by atoms with Crippen LogP contribution in [0.1, 0.15) is 11.6 Å². The average Bonchev–Trinajstić information content (AvgIpc) is 3.03. The molecule has 0 fully saturated rings. The summed E-state index contributed by atoms with van der Waals surface area (Å²) in [7, 11) is 0. The number of hydrogen-bond donors (Lipinski definition) is 1. The number of rotatable bonds is 4. The number of nitro groups is 1. The van der Waals surface area contributed by atoms with Crippen LogP contribution in [0.15, 0.2) is 45.9 Å². The normalized spacial score (nSPS) is 12.0. The summed E-state index contributed by atoms with van der Waals surface area (Å²) in [6.07, 6.45) is 1.26. The number of nitrogens with zero attached hydrogens (tertiary/aromatic N) is 4. The third-order valence-corrected chi connectivity index (χ3v) is 3.52. The van der Waals surface area contributed by atoms with E-state index in [2.05, 4.69) is 20.5 Å². The number of para-hydroxylation sites is 1. The van der Waals surface area contributed by atoms with Crippen molar-refractivity contribution in [2.24, 2.45) is 5.10 Å². The molecule has 8 nitrogen and oxygen atoms in total. The van der Waals surface area contributed by atoms with Crippen LogP contribution in [-0.4, -0.2) is 21.1 Å². The Balaban J connectivity index is 1.91. The molecular weight excluding hydrogens is 393 g/mol. The van der Waals surface area contributed by atoms with Crippen LogP contribution in [0.4, 0.5) is 11.7 Å². The van der Waals surface area contributed by atoms with Gasteiger partial charge in [0, 0.05) is 5.39 Å². The number of hydrogen-bond acceptors (Lipinski definition) is 7. The zero-order valence-corrected chi connectivity index (χ0v) is 14.5. The van der Waals surface area contributed by atoms with Crippen LogP contribution >= 0.6 is 34.8 Å². The molecule has 1 N–H and O–H groups in total. The fourth-order valence-electron chi connectivity index (χ4n) is 1.96. The first kappa shape index (κ1) is 17.4. The molecule has 11 heteroatoms. The Labute approximate surface area is 155 Å². The number of aromatic nitrogens is 2. The third-order valence-electron chi connectivity index (χ3n) is 3.01. The molecule has 3 rings (SSSR count). The molecule has 0 aliphatic heterocycles. The molecule has 0 saturated carbocycles. The van der Waals surface area contributed by atoms with Gasteiger partial charge in [-0.05, 0) is 18.2 Å². The summed E-state index contributed by atoms with van der Waals surface area (Å²) in [6.45, 7) is 0. The van der Waals surface area contributed by atoms with Gasteiger partial charge in [-0.1, -0.05) is 46.9 Å². The Hall–Kier alpha value is -2.42. The third kappa shape index (κ3) is 3.98. The molecule has 0 aliphatic carbocycles. The molecule has 0 saturated heterocycles. The lowest BCUT2D eigenvalue weighted by Gasteiger charge is -2.12. The number of hydrazone groups is 1. The van der Waals surface area contributed by atoms with Crippen molar-refractivity contribution in [3.8, 4) is 0 Å². The largest absolute Gasteiger partial charge is 0.433 e. The zero-order chi connectivity index (χ0) is 18.0. The molecule has 1 aromatic carbocycles. The van der Waals surface area contributed by atoms with Gasteiger partial charge in [-0.3, -0.25) is 15.5 Å². The maximum atomic E-state index is 10.6. The summed E-state index contributed by atoms with van der Waals surface area (Å²) in [5.41, 5.74) is 3.26. The number of nitrogens with one attached hydrogen (secondary N) is 1. The quantitative estimate of drug-likeness (QED) is 0.301. The van der Waals surface area contributed by atoms with E-state index in [4.69, 9.17) is 39.2 Å². The minimum absolute atomic E-state index is 0.0115. The van der Waals surface area contributed by atoms with E-state index < -0.39 is 8.72 Å². The van der Waals surface area contributed by atoms with Crippen LogP contribution in [0.2, 0.25) is 0 Å². The lowest BCUT2D eigenvalue weighted by Crippen LogP contribution is -2.09. The summed E-state index contributed by atoms with van der Waals surface area (Å²) in [4.78, 5) is 18.3. The van der Waals surface area contributed by atoms with Gasteiger partial charge in [0.25, 0.3) is 0 Å². The van der Waals surface area contributed by atoms with Crippen molar-refractivity contribution in [3.63, 3.8) is 0 Å². The number of anilines is 1. The van der Waals surface area contributed by atoms with Gasteiger partial charge < -0.3 is 4.42 Å². The molecule has 3 aromatic rings. The molecule has 0 atom stereocenters. The lowest BCUT2D eigenvalue weighted by atomic mass is 10.2. The predicted octanol–water partition coefficient (Wildman–Crippen LogP) is 4.40. The van der Waals surface area contributed by atoms with Crippen LogP contribution in [-0.2, 0) is 3.79 Å². The van der Waals surface area contributed by atoms with E-state index in [0.717, 1.165) is 0 Å². The van der Waals surface area contributed by atoms with E-state index in [1.54, 1.807) is 24.3 Å². The van der Waals surface area contributed by atoms with E-state index in [9.17, 15) is 10.1 Å². The second-order valence-electron chi connectivity index (χ2n) is 4.71. The van der Waals surface area contributed by atoms with Gasteiger partial charge in [-0.25, -0.2) is 9.97 Å². The smallest absolute Gasteiger partial charge is 0.400 e. The maximum absolute atomic E-state index is 10.6. The van der Waals surface area contributed by atoms with Crippen molar-refractivity contribution < 1.29 is 9.34 Å². The van der Waals surface area contributed by atoms with Crippen LogP contribution in [0, 0.1) is 10.1 Å². The van der Waals surface area contributed by atoms with Crippen LogP contribution < -0.4 is 5.43 Å². The molecule has 0 radical (unpaired) electrons. The first-order valence-electron chi connectivity index (χ1n) is 6.72. The van der Waals surface area contributed by atoms with E-state index in [0.29, 0.717) is 16.7 Å². The first-order valence-corrected chi connectivity index (χ1v) is 7.85. The molecule has 0 amide bonds. The predicted molar refractivity (Wildman–Crippen MR) is 95.4 cm³/mol. The summed E-state index contributed by atoms with van der Waals surface area (Å²) < 4.78 is 3.16. The van der Waals surface area contributed by atoms with E-state index in [1.807, 2.05) is 0 Å². The van der Waals surface area contributed by atoms with E-state index in [-0.39, 0.29) is 17.5 Å². The topological polar surface area (TPSA) is 106 Å². The second-order valence-corrected chi connectivity index (χ2v) is 7.00. The van der Waals surface area contributed by atoms with Gasteiger partial charge in [0.15, 0.2) is 17.4 Å². The fourth-order valence-corrected chi connectivity index (χ4v) is 2.21. The lowest BCUT2D eigenvalue weighted by molar-refractivity contribution is -0.402. The Morgan fingerprint density at radius 3 is 2.64 bits per heavy atom. The molecule has 0 unspecified atom stereocenters. The van der Waals surface area contributed by atoms with Crippen molar-refractivity contribution in [2.45, 2.75) is 3.79 Å². The highest BCUT2D eigenvalue weighted by Gasteiger charge is 2.28. The second kappa shape index (κ2) is 6.83. The van der Waals surface area contributed by atoms with Gasteiger partial charge in [0.2, 0.25) is 3.79 Å². The SMILES string of the molecule is O=[N+]([O-])c1ccc(C=NNc2nc(C(Cl)(Cl)Cl)nc3ccccc23)o1. The summed E-state index contributed by atoms with van der Waals surface area (Å²) in [6, 6.07) is 9.73. The summed E-state index contributed by atoms with van der Waals surface area (Å²) in [5, 5.41) is 15.2. The Kier molecular flexibility index (Phi) is 4.76. The molecule has 2 heterocycles. The molecule has 128 valence electrons. The average molecular weight is 401 g/mol. The minimum atomic E-state index is -1.80. The molecular formula is C14H8Cl3N5O3. The minimum Gasteiger partial charge on any atom is -0.400 e. The van der Waals surface area contributed by atoms with Gasteiger partial charge >= 0.3 is 5.88 Å². The standard InChI is InChI=1S/C14H8Cl3N5O3/c15-14(16,17)13-19-10-4-2-1-3-9(10)12(20-13)21-18-7-8-5-6-11(25-8)22(23)24/h1-7H,(H,19,20,21). The maximum Gasteiger partial charge on any atom is 0.433 e. The van der Waals surface area contributed by atoms with Crippen LogP contribution in [0.5, 0.6) is 0 Å².